The van der Waals surface area contributed by atoms with Crippen LogP contribution in [0.4, 0.5) is 5.82 Å². The Bertz CT molecular complexity index is 669. The standard InChI is InChI=1S/C17H25N5O/c1-10-7-12(8-13(10)23)20-16-14-17(19-9-18-16)22-15(21-14)11-5-3-2-4-6-11/h9-13,23H,2-8H2,1H3,(H2,18,19,20,21,22)/t10-,12+,13+/m0/s1. The second-order valence-corrected chi connectivity index (χ2v) is 7.24. The first-order chi connectivity index (χ1) is 11.2. The van der Waals surface area contributed by atoms with Crippen molar-refractivity contribution >= 4 is 17.0 Å². The van der Waals surface area contributed by atoms with Gasteiger partial charge in [0.2, 0.25) is 0 Å². The predicted molar refractivity (Wildman–Crippen MR) is 89.3 cm³/mol. The van der Waals surface area contributed by atoms with Gasteiger partial charge in [-0.25, -0.2) is 15.0 Å². The first kappa shape index (κ1) is 14.9. The number of aliphatic hydroxyl groups is 1. The number of anilines is 1. The summed E-state index contributed by atoms with van der Waals surface area (Å²) in [4.78, 5) is 16.9. The van der Waals surface area contributed by atoms with E-state index >= 15 is 0 Å². The summed E-state index contributed by atoms with van der Waals surface area (Å²) in [5.74, 6) is 2.74. The zero-order chi connectivity index (χ0) is 15.8. The number of aromatic nitrogens is 4. The number of aliphatic hydroxyl groups excluding tert-OH is 1. The molecule has 23 heavy (non-hydrogen) atoms. The molecular weight excluding hydrogens is 290 g/mol. The molecule has 0 bridgehead atoms. The van der Waals surface area contributed by atoms with Crippen LogP contribution in [-0.2, 0) is 0 Å². The molecule has 6 nitrogen and oxygen atoms in total. The highest BCUT2D eigenvalue weighted by Crippen LogP contribution is 2.33. The summed E-state index contributed by atoms with van der Waals surface area (Å²) in [6.07, 6.45) is 9.44. The van der Waals surface area contributed by atoms with E-state index in [0.717, 1.165) is 35.6 Å². The summed E-state index contributed by atoms with van der Waals surface area (Å²) in [5, 5.41) is 13.4. The lowest BCUT2D eigenvalue weighted by Crippen LogP contribution is -2.17. The lowest BCUT2D eigenvalue weighted by molar-refractivity contribution is 0.141. The van der Waals surface area contributed by atoms with Gasteiger partial charge >= 0.3 is 0 Å². The van der Waals surface area contributed by atoms with Gasteiger partial charge in [-0.1, -0.05) is 26.2 Å². The van der Waals surface area contributed by atoms with Crippen LogP contribution < -0.4 is 5.32 Å². The van der Waals surface area contributed by atoms with Crippen LogP contribution in [0.2, 0.25) is 0 Å². The molecule has 0 radical (unpaired) electrons. The second kappa shape index (κ2) is 6.07. The zero-order valence-corrected chi connectivity index (χ0v) is 13.6. The molecule has 6 heteroatoms. The van der Waals surface area contributed by atoms with Crippen LogP contribution in [0.5, 0.6) is 0 Å². The second-order valence-electron chi connectivity index (χ2n) is 7.24. The van der Waals surface area contributed by atoms with Crippen molar-refractivity contribution in [3.8, 4) is 0 Å². The molecule has 3 atom stereocenters. The lowest BCUT2D eigenvalue weighted by Gasteiger charge is -2.19. The topological polar surface area (TPSA) is 86.7 Å². The van der Waals surface area contributed by atoms with E-state index in [1.807, 2.05) is 0 Å². The van der Waals surface area contributed by atoms with Gasteiger partial charge in [0.05, 0.1) is 6.10 Å². The molecule has 0 amide bonds. The molecule has 0 unspecified atom stereocenters. The molecular formula is C17H25N5O. The molecule has 2 aromatic rings. The first-order valence-corrected chi connectivity index (χ1v) is 8.86. The van der Waals surface area contributed by atoms with Gasteiger partial charge in [-0.3, -0.25) is 0 Å². The highest BCUT2D eigenvalue weighted by Gasteiger charge is 2.30. The van der Waals surface area contributed by atoms with Gasteiger partial charge in [0, 0.05) is 12.0 Å². The fourth-order valence-electron chi connectivity index (χ4n) is 4.06. The van der Waals surface area contributed by atoms with E-state index in [1.54, 1.807) is 6.33 Å². The lowest BCUT2D eigenvalue weighted by atomic mass is 9.89. The van der Waals surface area contributed by atoms with Crippen molar-refractivity contribution in [2.75, 3.05) is 5.32 Å². The number of hydrogen-bond donors (Lipinski definition) is 3. The smallest absolute Gasteiger partial charge is 0.183 e. The Morgan fingerprint density at radius 3 is 2.74 bits per heavy atom. The van der Waals surface area contributed by atoms with E-state index in [2.05, 4.69) is 27.2 Å². The number of nitrogens with one attached hydrogen (secondary N) is 2. The Labute approximate surface area is 136 Å². The third-order valence-electron chi connectivity index (χ3n) is 5.48. The summed E-state index contributed by atoms with van der Waals surface area (Å²) in [6, 6.07) is 0.263. The van der Waals surface area contributed by atoms with Crippen LogP contribution in [0.15, 0.2) is 6.33 Å². The molecule has 0 aliphatic heterocycles. The van der Waals surface area contributed by atoms with Crippen LogP contribution in [0.25, 0.3) is 11.2 Å². The first-order valence-electron chi connectivity index (χ1n) is 8.86. The van der Waals surface area contributed by atoms with Gasteiger partial charge in [-0.05, 0) is 31.6 Å². The molecule has 4 rings (SSSR count). The molecule has 2 fully saturated rings. The van der Waals surface area contributed by atoms with Crippen LogP contribution in [0, 0.1) is 5.92 Å². The number of fused-ring (bicyclic) bond motifs is 1. The maximum Gasteiger partial charge on any atom is 0.183 e. The number of imidazole rings is 1. The molecule has 0 aromatic carbocycles. The zero-order valence-electron chi connectivity index (χ0n) is 13.6. The van der Waals surface area contributed by atoms with E-state index in [-0.39, 0.29) is 12.1 Å². The van der Waals surface area contributed by atoms with E-state index in [4.69, 9.17) is 4.98 Å². The third-order valence-corrected chi connectivity index (χ3v) is 5.48. The van der Waals surface area contributed by atoms with Crippen LogP contribution in [0.1, 0.15) is 63.6 Å². The van der Waals surface area contributed by atoms with Gasteiger partial charge in [0.1, 0.15) is 17.7 Å². The maximum absolute atomic E-state index is 9.94. The minimum absolute atomic E-state index is 0.218. The summed E-state index contributed by atoms with van der Waals surface area (Å²) in [5.41, 5.74) is 1.65. The summed E-state index contributed by atoms with van der Waals surface area (Å²) < 4.78 is 0. The van der Waals surface area contributed by atoms with E-state index in [9.17, 15) is 5.11 Å². The van der Waals surface area contributed by atoms with Gasteiger partial charge in [-0.2, -0.15) is 0 Å². The highest BCUT2D eigenvalue weighted by molar-refractivity contribution is 5.82. The fraction of sp³-hybridized carbons (Fsp3) is 0.706. The van der Waals surface area contributed by atoms with E-state index in [1.165, 1.54) is 32.1 Å². The van der Waals surface area contributed by atoms with Crippen molar-refractivity contribution in [1.82, 2.24) is 19.9 Å². The van der Waals surface area contributed by atoms with Gasteiger partial charge in [0.15, 0.2) is 11.5 Å². The fourth-order valence-corrected chi connectivity index (χ4v) is 4.06. The number of nitrogens with zero attached hydrogens (tertiary/aromatic N) is 3. The maximum atomic E-state index is 9.94. The molecule has 2 saturated carbocycles. The largest absolute Gasteiger partial charge is 0.393 e. The highest BCUT2D eigenvalue weighted by atomic mass is 16.3. The molecule has 0 spiro atoms. The van der Waals surface area contributed by atoms with Crippen LogP contribution in [0.3, 0.4) is 0 Å². The minimum Gasteiger partial charge on any atom is -0.393 e. The quantitative estimate of drug-likeness (QED) is 0.810. The summed E-state index contributed by atoms with van der Waals surface area (Å²) >= 11 is 0. The van der Waals surface area contributed by atoms with E-state index < -0.39 is 0 Å². The molecule has 2 heterocycles. The third kappa shape index (κ3) is 2.92. The predicted octanol–water partition coefficient (Wildman–Crippen LogP) is 2.97. The van der Waals surface area contributed by atoms with Gasteiger partial charge in [0.25, 0.3) is 0 Å². The molecule has 0 saturated heterocycles. The Balaban J connectivity index is 1.58. The Morgan fingerprint density at radius 1 is 1.17 bits per heavy atom. The van der Waals surface area contributed by atoms with Gasteiger partial charge in [-0.15, -0.1) is 0 Å². The van der Waals surface area contributed by atoms with Crippen molar-refractivity contribution in [2.45, 2.75) is 69.9 Å². The van der Waals surface area contributed by atoms with Crippen molar-refractivity contribution < 1.29 is 5.11 Å². The Kier molecular flexibility index (Phi) is 3.93. The van der Waals surface area contributed by atoms with Crippen LogP contribution >= 0.6 is 0 Å². The monoisotopic (exact) mass is 315 g/mol. The summed E-state index contributed by atoms with van der Waals surface area (Å²) in [6.45, 7) is 2.10. The SMILES string of the molecule is C[C@H]1C[C@@H](Nc2ncnc3nc(C4CCCCC4)[nH]c23)C[C@H]1O. The molecule has 2 aliphatic carbocycles. The van der Waals surface area contributed by atoms with Crippen LogP contribution in [-0.4, -0.2) is 37.2 Å². The molecule has 2 aromatic heterocycles. The average molecular weight is 315 g/mol. The summed E-state index contributed by atoms with van der Waals surface area (Å²) in [7, 11) is 0. The number of H-pyrrole nitrogens is 1. The normalized spacial score (nSPS) is 29.2. The van der Waals surface area contributed by atoms with E-state index in [0.29, 0.717) is 11.8 Å². The van der Waals surface area contributed by atoms with Crippen molar-refractivity contribution in [2.24, 2.45) is 5.92 Å². The average Bonchev–Trinajstić information content (AvgIpc) is 3.13. The Morgan fingerprint density at radius 2 is 2.00 bits per heavy atom. The van der Waals surface area contributed by atoms with Crippen molar-refractivity contribution in [1.29, 1.82) is 0 Å². The number of rotatable bonds is 3. The Hall–Kier alpha value is -1.69. The molecule has 3 N–H and O–H groups in total. The minimum atomic E-state index is -0.218. The molecule has 124 valence electrons. The van der Waals surface area contributed by atoms with Gasteiger partial charge < -0.3 is 15.4 Å². The van der Waals surface area contributed by atoms with Crippen molar-refractivity contribution in [3.05, 3.63) is 12.2 Å². The van der Waals surface area contributed by atoms with Crippen molar-refractivity contribution in [3.63, 3.8) is 0 Å². The molecule has 2 aliphatic rings. The number of aromatic amines is 1. The number of hydrogen-bond acceptors (Lipinski definition) is 5.